The first-order chi connectivity index (χ1) is 16.3. The number of aromatic nitrogens is 4. The van der Waals surface area contributed by atoms with E-state index in [2.05, 4.69) is 32.4 Å². The zero-order valence-electron chi connectivity index (χ0n) is 18.4. The van der Waals surface area contributed by atoms with Crippen molar-refractivity contribution in [1.29, 1.82) is 0 Å². The molecule has 2 aliphatic rings. The summed E-state index contributed by atoms with van der Waals surface area (Å²) >= 11 is 0. The second-order valence-electron chi connectivity index (χ2n) is 8.55. The lowest BCUT2D eigenvalue weighted by molar-refractivity contribution is -0.0353. The van der Waals surface area contributed by atoms with Gasteiger partial charge in [0.1, 0.15) is 18.5 Å². The highest BCUT2D eigenvalue weighted by molar-refractivity contribution is 7.89. The molecule has 1 aliphatic heterocycles. The van der Waals surface area contributed by atoms with Crippen LogP contribution in [-0.4, -0.2) is 75.4 Å². The minimum Gasteiger partial charge on any atom is -0.388 e. The van der Waals surface area contributed by atoms with Gasteiger partial charge in [0.15, 0.2) is 23.2 Å². The fourth-order valence-electron chi connectivity index (χ4n) is 4.72. The van der Waals surface area contributed by atoms with Crippen molar-refractivity contribution < 1.29 is 28.1 Å². The predicted molar refractivity (Wildman–Crippen MR) is 121 cm³/mol. The number of ether oxygens (including phenoxy) is 2. The van der Waals surface area contributed by atoms with Gasteiger partial charge in [0.25, 0.3) is 0 Å². The standard InChI is InChI=1S/C21H26N6O6S/c1-32-14-8-11-4-2-3-5-12(11)15(14)26-19-16-20(24-9-23-19)27(10-25-16)21-18(29)17(28)13(33-21)6-7-34(22,30)31/h2-5,9-10,13-15,17-18,21,28-29H,6-8H2,1H3,(H2,22,30,31)(H,23,24,26)/t13-,14?,15?,17-,18-,21-/m1/s1. The fraction of sp³-hybridized carbons (Fsp3) is 0.476. The van der Waals surface area contributed by atoms with Crippen LogP contribution in [0.2, 0.25) is 0 Å². The molecule has 0 bridgehead atoms. The number of nitrogens with two attached hydrogens (primary N) is 1. The number of nitrogens with zero attached hydrogens (tertiary/aromatic N) is 4. The Kier molecular flexibility index (Phi) is 6.00. The second kappa shape index (κ2) is 8.83. The number of benzene rings is 1. The molecule has 3 aromatic rings. The van der Waals surface area contributed by atoms with Crippen LogP contribution in [0.3, 0.4) is 0 Å². The van der Waals surface area contributed by atoms with Gasteiger partial charge in [0, 0.05) is 13.5 Å². The number of fused-ring (bicyclic) bond motifs is 2. The van der Waals surface area contributed by atoms with E-state index in [1.807, 2.05) is 12.1 Å². The average Bonchev–Trinajstić information content (AvgIpc) is 3.47. The van der Waals surface area contributed by atoms with Gasteiger partial charge in [-0.1, -0.05) is 24.3 Å². The summed E-state index contributed by atoms with van der Waals surface area (Å²) in [6, 6.07) is 7.96. The van der Waals surface area contributed by atoms with E-state index in [1.54, 1.807) is 7.11 Å². The van der Waals surface area contributed by atoms with E-state index in [0.29, 0.717) is 17.0 Å². The normalized spacial score (nSPS) is 28.9. The number of anilines is 1. The van der Waals surface area contributed by atoms with Gasteiger partial charge >= 0.3 is 0 Å². The van der Waals surface area contributed by atoms with E-state index in [0.717, 1.165) is 12.0 Å². The lowest BCUT2D eigenvalue weighted by Crippen LogP contribution is -2.33. The Morgan fingerprint density at radius 1 is 1.24 bits per heavy atom. The average molecular weight is 491 g/mol. The maximum atomic E-state index is 11.3. The lowest BCUT2D eigenvalue weighted by Gasteiger charge is -2.21. The highest BCUT2D eigenvalue weighted by Gasteiger charge is 2.44. The molecule has 34 heavy (non-hydrogen) atoms. The fourth-order valence-corrected chi connectivity index (χ4v) is 5.28. The number of hydrogen-bond acceptors (Lipinski definition) is 10. The van der Waals surface area contributed by atoms with Crippen LogP contribution in [0.1, 0.15) is 29.8 Å². The van der Waals surface area contributed by atoms with E-state index >= 15 is 0 Å². The molecule has 6 atom stereocenters. The van der Waals surface area contributed by atoms with Crippen LogP contribution in [0, 0.1) is 0 Å². The smallest absolute Gasteiger partial charge is 0.209 e. The molecule has 3 heterocycles. The Bertz CT molecular complexity index is 1300. The van der Waals surface area contributed by atoms with Crippen LogP contribution in [0.15, 0.2) is 36.9 Å². The number of nitrogens with one attached hydrogen (secondary N) is 1. The number of primary sulfonamides is 1. The molecule has 5 N–H and O–H groups in total. The van der Waals surface area contributed by atoms with Crippen molar-refractivity contribution in [3.63, 3.8) is 0 Å². The maximum absolute atomic E-state index is 11.3. The highest BCUT2D eigenvalue weighted by Crippen LogP contribution is 2.37. The molecule has 1 aromatic carbocycles. The molecule has 0 radical (unpaired) electrons. The second-order valence-corrected chi connectivity index (χ2v) is 10.3. The van der Waals surface area contributed by atoms with Crippen LogP contribution in [0.5, 0.6) is 0 Å². The summed E-state index contributed by atoms with van der Waals surface area (Å²) in [5.74, 6) is 0.116. The number of imidazole rings is 1. The van der Waals surface area contributed by atoms with Crippen LogP contribution in [-0.2, 0) is 25.9 Å². The van der Waals surface area contributed by atoms with E-state index in [-0.39, 0.29) is 24.3 Å². The summed E-state index contributed by atoms with van der Waals surface area (Å²) in [4.78, 5) is 13.1. The third-order valence-corrected chi connectivity index (χ3v) is 7.24. The Labute approximate surface area is 195 Å². The summed E-state index contributed by atoms with van der Waals surface area (Å²) in [6.07, 6.45) is -1.06. The van der Waals surface area contributed by atoms with Gasteiger partial charge in [-0.05, 0) is 17.5 Å². The summed E-state index contributed by atoms with van der Waals surface area (Å²) in [6.45, 7) is 0. The molecule has 0 saturated carbocycles. The van der Waals surface area contributed by atoms with Crippen molar-refractivity contribution in [1.82, 2.24) is 19.5 Å². The lowest BCUT2D eigenvalue weighted by atomic mass is 10.1. The van der Waals surface area contributed by atoms with Crippen LogP contribution in [0.4, 0.5) is 5.82 Å². The van der Waals surface area contributed by atoms with Gasteiger partial charge in [-0.25, -0.2) is 28.5 Å². The van der Waals surface area contributed by atoms with Crippen molar-refractivity contribution in [2.75, 3.05) is 18.2 Å². The zero-order chi connectivity index (χ0) is 24.0. The third-order valence-electron chi connectivity index (χ3n) is 6.44. The van der Waals surface area contributed by atoms with Gasteiger partial charge < -0.3 is 25.0 Å². The highest BCUT2D eigenvalue weighted by atomic mass is 32.2. The number of methoxy groups -OCH3 is 1. The zero-order valence-corrected chi connectivity index (χ0v) is 19.2. The first-order valence-corrected chi connectivity index (χ1v) is 12.5. The molecule has 182 valence electrons. The monoisotopic (exact) mass is 490 g/mol. The molecule has 1 aliphatic carbocycles. The van der Waals surface area contributed by atoms with Crippen LogP contribution in [0.25, 0.3) is 11.2 Å². The Hall–Kier alpha value is -2.68. The molecule has 12 nitrogen and oxygen atoms in total. The first kappa shape index (κ1) is 23.1. The molecule has 1 fully saturated rings. The maximum Gasteiger partial charge on any atom is 0.209 e. The number of rotatable bonds is 7. The molecule has 0 spiro atoms. The summed E-state index contributed by atoms with van der Waals surface area (Å²) in [5.41, 5.74) is 3.17. The van der Waals surface area contributed by atoms with Crippen LogP contribution >= 0.6 is 0 Å². The van der Waals surface area contributed by atoms with E-state index < -0.39 is 34.6 Å². The van der Waals surface area contributed by atoms with E-state index in [4.69, 9.17) is 14.6 Å². The largest absolute Gasteiger partial charge is 0.388 e. The molecular formula is C21H26N6O6S. The SMILES string of the molecule is COC1Cc2ccccc2C1Nc1ncnc2c1ncn2[C@@H]1O[C@H](CCS(N)(=O)=O)[C@@H](O)[C@H]1O. The minimum absolute atomic E-state index is 0.0541. The predicted octanol–water partition coefficient (Wildman–Crippen LogP) is -0.152. The Morgan fingerprint density at radius 3 is 2.79 bits per heavy atom. The molecule has 5 rings (SSSR count). The van der Waals surface area contributed by atoms with Crippen molar-refractivity contribution in [3.8, 4) is 0 Å². The number of aliphatic hydroxyl groups is 2. The van der Waals surface area contributed by atoms with Crippen LogP contribution < -0.4 is 10.5 Å². The number of aliphatic hydroxyl groups excluding tert-OH is 2. The molecule has 2 unspecified atom stereocenters. The summed E-state index contributed by atoms with van der Waals surface area (Å²) < 4.78 is 35.6. The van der Waals surface area contributed by atoms with Gasteiger partial charge in [0.05, 0.1) is 30.3 Å². The summed E-state index contributed by atoms with van der Waals surface area (Å²) in [5, 5.41) is 29.5. The summed E-state index contributed by atoms with van der Waals surface area (Å²) in [7, 11) is -2.06. The first-order valence-electron chi connectivity index (χ1n) is 10.8. The quantitative estimate of drug-likeness (QED) is 0.348. The molecule has 0 amide bonds. The van der Waals surface area contributed by atoms with Gasteiger partial charge in [-0.15, -0.1) is 0 Å². The third kappa shape index (κ3) is 4.15. The van der Waals surface area contributed by atoms with Crippen molar-refractivity contribution in [2.24, 2.45) is 5.14 Å². The Morgan fingerprint density at radius 2 is 2.03 bits per heavy atom. The van der Waals surface area contributed by atoms with Crippen molar-refractivity contribution in [2.45, 2.75) is 49.5 Å². The van der Waals surface area contributed by atoms with Gasteiger partial charge in [-0.3, -0.25) is 4.57 Å². The van der Waals surface area contributed by atoms with Gasteiger partial charge in [-0.2, -0.15) is 0 Å². The Balaban J connectivity index is 1.42. The van der Waals surface area contributed by atoms with Gasteiger partial charge in [0.2, 0.25) is 10.0 Å². The van der Waals surface area contributed by atoms with Crippen molar-refractivity contribution >= 4 is 27.0 Å². The van der Waals surface area contributed by atoms with E-state index in [1.165, 1.54) is 22.8 Å². The topological polar surface area (TPSA) is 175 Å². The van der Waals surface area contributed by atoms with Crippen molar-refractivity contribution in [3.05, 3.63) is 48.0 Å². The molecule has 1 saturated heterocycles. The minimum atomic E-state index is -3.73. The molecule has 13 heteroatoms. The molecular weight excluding hydrogens is 464 g/mol. The van der Waals surface area contributed by atoms with E-state index in [9.17, 15) is 18.6 Å². The molecule has 2 aromatic heterocycles. The number of sulfonamides is 1. The number of hydrogen-bond donors (Lipinski definition) is 4.